The quantitative estimate of drug-likeness (QED) is 0.627. The predicted molar refractivity (Wildman–Crippen MR) is 46.3 cm³/mol. The lowest BCUT2D eigenvalue weighted by molar-refractivity contribution is -0.129. The van der Waals surface area contributed by atoms with Crippen LogP contribution in [-0.4, -0.2) is 17.9 Å². The molecule has 2 atom stereocenters. The molecular formula is C8H16N2O2. The van der Waals surface area contributed by atoms with Gasteiger partial charge in [0.1, 0.15) is 6.04 Å². The molecule has 2 unspecified atom stereocenters. The van der Waals surface area contributed by atoms with E-state index in [2.05, 4.69) is 5.32 Å². The first-order chi connectivity index (χ1) is 5.49. The van der Waals surface area contributed by atoms with Crippen LogP contribution in [0.3, 0.4) is 0 Å². The van der Waals surface area contributed by atoms with E-state index in [9.17, 15) is 9.59 Å². The summed E-state index contributed by atoms with van der Waals surface area (Å²) in [6.45, 7) is 5.30. The molecule has 0 aliphatic heterocycles. The van der Waals surface area contributed by atoms with Crippen LogP contribution in [0.25, 0.3) is 0 Å². The molecule has 70 valence electrons. The van der Waals surface area contributed by atoms with E-state index in [1.54, 1.807) is 6.92 Å². The average Bonchev–Trinajstić information content (AvgIpc) is 2.02. The first kappa shape index (κ1) is 10.9. The van der Waals surface area contributed by atoms with Gasteiger partial charge in [-0.1, -0.05) is 13.8 Å². The van der Waals surface area contributed by atoms with Crippen LogP contribution in [0.5, 0.6) is 0 Å². The van der Waals surface area contributed by atoms with Crippen molar-refractivity contribution in [2.45, 2.75) is 33.2 Å². The van der Waals surface area contributed by atoms with Crippen molar-refractivity contribution in [1.82, 2.24) is 5.32 Å². The lowest BCUT2D eigenvalue weighted by Crippen LogP contribution is -2.44. The molecule has 0 saturated carbocycles. The second-order valence-corrected chi connectivity index (χ2v) is 2.94. The maximum Gasteiger partial charge on any atom is 0.239 e. The molecule has 4 nitrogen and oxygen atoms in total. The Morgan fingerprint density at radius 2 is 1.92 bits per heavy atom. The first-order valence-electron chi connectivity index (χ1n) is 4.08. The van der Waals surface area contributed by atoms with E-state index >= 15 is 0 Å². The average molecular weight is 172 g/mol. The highest BCUT2D eigenvalue weighted by atomic mass is 16.2. The Labute approximate surface area is 72.5 Å². The van der Waals surface area contributed by atoms with Crippen LogP contribution in [0.2, 0.25) is 0 Å². The van der Waals surface area contributed by atoms with E-state index in [1.165, 1.54) is 0 Å². The minimum atomic E-state index is -0.577. The molecule has 12 heavy (non-hydrogen) atoms. The number of carbonyl (C=O) groups is 2. The van der Waals surface area contributed by atoms with E-state index in [-0.39, 0.29) is 11.8 Å². The molecule has 0 saturated heterocycles. The molecule has 0 rings (SSSR count). The molecule has 0 fully saturated rings. The van der Waals surface area contributed by atoms with Gasteiger partial charge in [-0.05, 0) is 13.3 Å². The van der Waals surface area contributed by atoms with Gasteiger partial charge >= 0.3 is 0 Å². The normalized spacial score (nSPS) is 14.9. The molecule has 0 radical (unpaired) electrons. The number of rotatable bonds is 4. The molecular weight excluding hydrogens is 156 g/mol. The molecule has 2 amide bonds. The number of amides is 2. The molecule has 0 aliphatic rings. The van der Waals surface area contributed by atoms with Gasteiger partial charge in [-0.25, -0.2) is 0 Å². The molecule has 4 heteroatoms. The number of hydrogen-bond acceptors (Lipinski definition) is 2. The molecule has 0 heterocycles. The van der Waals surface area contributed by atoms with Gasteiger partial charge in [-0.3, -0.25) is 9.59 Å². The summed E-state index contributed by atoms with van der Waals surface area (Å²) in [5.74, 6) is -0.692. The summed E-state index contributed by atoms with van der Waals surface area (Å²) in [5.41, 5.74) is 4.97. The van der Waals surface area contributed by atoms with E-state index in [0.717, 1.165) is 6.42 Å². The van der Waals surface area contributed by atoms with Gasteiger partial charge in [0, 0.05) is 5.92 Å². The van der Waals surface area contributed by atoms with Crippen molar-refractivity contribution in [3.8, 4) is 0 Å². The number of primary amides is 1. The van der Waals surface area contributed by atoms with E-state index in [4.69, 9.17) is 5.73 Å². The smallest absolute Gasteiger partial charge is 0.239 e. The highest BCUT2D eigenvalue weighted by Crippen LogP contribution is 2.00. The molecule has 3 N–H and O–H groups in total. The van der Waals surface area contributed by atoms with Crippen molar-refractivity contribution in [2.24, 2.45) is 11.7 Å². The minimum absolute atomic E-state index is 0.0631. The van der Waals surface area contributed by atoms with Gasteiger partial charge in [0.15, 0.2) is 0 Å². The summed E-state index contributed by atoms with van der Waals surface area (Å²) >= 11 is 0. The number of hydrogen-bond donors (Lipinski definition) is 2. The van der Waals surface area contributed by atoms with Crippen LogP contribution in [-0.2, 0) is 9.59 Å². The zero-order valence-corrected chi connectivity index (χ0v) is 7.76. The van der Waals surface area contributed by atoms with Crippen molar-refractivity contribution >= 4 is 11.8 Å². The van der Waals surface area contributed by atoms with Crippen molar-refractivity contribution in [3.05, 3.63) is 0 Å². The van der Waals surface area contributed by atoms with Gasteiger partial charge in [-0.15, -0.1) is 0 Å². The highest BCUT2D eigenvalue weighted by Gasteiger charge is 2.15. The number of carbonyl (C=O) groups excluding carboxylic acids is 2. The maximum absolute atomic E-state index is 11.2. The van der Waals surface area contributed by atoms with Crippen LogP contribution in [0.15, 0.2) is 0 Å². The monoisotopic (exact) mass is 172 g/mol. The maximum atomic E-state index is 11.2. The third-order valence-corrected chi connectivity index (χ3v) is 1.85. The summed E-state index contributed by atoms with van der Waals surface area (Å²) in [4.78, 5) is 21.7. The Balaban J connectivity index is 3.92. The minimum Gasteiger partial charge on any atom is -0.368 e. The summed E-state index contributed by atoms with van der Waals surface area (Å²) in [6, 6.07) is -0.577. The Morgan fingerprint density at radius 3 is 2.25 bits per heavy atom. The Kier molecular flexibility index (Phi) is 4.33. The molecule has 0 spiro atoms. The molecule has 0 aromatic heterocycles. The second kappa shape index (κ2) is 4.74. The molecule has 0 aromatic rings. The third kappa shape index (κ3) is 3.37. The standard InChI is InChI=1S/C8H16N2O2/c1-4-5(2)8(12)10-6(3)7(9)11/h5-6H,4H2,1-3H3,(H2,9,11)(H,10,12). The van der Waals surface area contributed by atoms with E-state index in [0.29, 0.717) is 0 Å². The van der Waals surface area contributed by atoms with E-state index in [1.807, 2.05) is 13.8 Å². The number of nitrogens with one attached hydrogen (secondary N) is 1. The van der Waals surface area contributed by atoms with Gasteiger partial charge in [0.25, 0.3) is 0 Å². The van der Waals surface area contributed by atoms with Gasteiger partial charge in [0.2, 0.25) is 11.8 Å². The van der Waals surface area contributed by atoms with Crippen LogP contribution >= 0.6 is 0 Å². The molecule has 0 bridgehead atoms. The number of nitrogens with two attached hydrogens (primary N) is 1. The molecule has 0 aliphatic carbocycles. The summed E-state index contributed by atoms with van der Waals surface area (Å²) in [5, 5.41) is 2.52. The zero-order valence-electron chi connectivity index (χ0n) is 7.76. The second-order valence-electron chi connectivity index (χ2n) is 2.94. The fourth-order valence-electron chi connectivity index (χ4n) is 0.612. The fraction of sp³-hybridized carbons (Fsp3) is 0.750. The summed E-state index contributed by atoms with van der Waals surface area (Å²) in [7, 11) is 0. The van der Waals surface area contributed by atoms with Crippen molar-refractivity contribution in [3.63, 3.8) is 0 Å². The van der Waals surface area contributed by atoms with Crippen LogP contribution in [0.1, 0.15) is 27.2 Å². The highest BCUT2D eigenvalue weighted by molar-refractivity contribution is 5.86. The van der Waals surface area contributed by atoms with Gasteiger partial charge < -0.3 is 11.1 Å². The summed E-state index contributed by atoms with van der Waals surface area (Å²) in [6.07, 6.45) is 0.761. The SMILES string of the molecule is CCC(C)C(=O)NC(C)C(N)=O. The first-order valence-corrected chi connectivity index (χ1v) is 4.08. The van der Waals surface area contributed by atoms with Crippen LogP contribution in [0, 0.1) is 5.92 Å². The van der Waals surface area contributed by atoms with E-state index < -0.39 is 11.9 Å². The molecule has 0 aromatic carbocycles. The zero-order chi connectivity index (χ0) is 9.72. The fourth-order valence-corrected chi connectivity index (χ4v) is 0.612. The Morgan fingerprint density at radius 1 is 1.42 bits per heavy atom. The van der Waals surface area contributed by atoms with Gasteiger partial charge in [-0.2, -0.15) is 0 Å². The largest absolute Gasteiger partial charge is 0.368 e. The van der Waals surface area contributed by atoms with Gasteiger partial charge in [0.05, 0.1) is 0 Å². The van der Waals surface area contributed by atoms with Crippen LogP contribution < -0.4 is 11.1 Å². The third-order valence-electron chi connectivity index (χ3n) is 1.85. The Bertz CT molecular complexity index is 180. The summed E-state index contributed by atoms with van der Waals surface area (Å²) < 4.78 is 0. The lowest BCUT2D eigenvalue weighted by atomic mass is 10.1. The lowest BCUT2D eigenvalue weighted by Gasteiger charge is -2.13. The predicted octanol–water partition coefficient (Wildman–Crippen LogP) is 0.0225. The Hall–Kier alpha value is -1.06. The van der Waals surface area contributed by atoms with Crippen molar-refractivity contribution < 1.29 is 9.59 Å². The van der Waals surface area contributed by atoms with Crippen molar-refractivity contribution in [1.29, 1.82) is 0 Å². The van der Waals surface area contributed by atoms with Crippen molar-refractivity contribution in [2.75, 3.05) is 0 Å². The van der Waals surface area contributed by atoms with Crippen LogP contribution in [0.4, 0.5) is 0 Å². The topological polar surface area (TPSA) is 72.2 Å².